The molecule has 0 fully saturated rings. The van der Waals surface area contributed by atoms with Gasteiger partial charge in [-0.1, -0.05) is 173 Å². The molecule has 0 aromatic carbocycles. The fraction of sp³-hybridized carbons (Fsp3) is 0.914. The first kappa shape index (κ1) is 35.4. The third-order valence-electron chi connectivity index (χ3n) is 7.79. The van der Waals surface area contributed by atoms with Crippen LogP contribution in [0, 0.1) is 0 Å². The summed E-state index contributed by atoms with van der Waals surface area (Å²) in [6, 6.07) is 0. The maximum absolute atomic E-state index is 10.9. The summed E-state index contributed by atoms with van der Waals surface area (Å²) in [7, 11) is 0. The lowest BCUT2D eigenvalue weighted by Crippen LogP contribution is -1.89. The summed E-state index contributed by atoms with van der Waals surface area (Å²) in [5, 5.41) is 0. The molecule has 0 bridgehead atoms. The number of unbranched alkanes of at least 4 members (excludes halogenated alkanes) is 27. The van der Waals surface area contributed by atoms with Gasteiger partial charge in [0, 0.05) is 6.42 Å². The Kier molecular flexibility index (Phi) is 31.9. The van der Waals surface area contributed by atoms with Gasteiger partial charge >= 0.3 is 0 Å². The van der Waals surface area contributed by atoms with Gasteiger partial charge in [-0.3, -0.25) is 0 Å². The van der Waals surface area contributed by atoms with Gasteiger partial charge in [-0.15, -0.1) is 0 Å². The van der Waals surface area contributed by atoms with Crippen LogP contribution in [0.2, 0.25) is 0 Å². The lowest BCUT2D eigenvalue weighted by atomic mass is 10.0. The van der Waals surface area contributed by atoms with E-state index in [0.717, 1.165) is 12.8 Å². The van der Waals surface area contributed by atoms with Crippen LogP contribution in [0.3, 0.4) is 0 Å². The molecule has 0 rings (SSSR count). The number of Topliss-reactive ketones (excluding diaryl/α,β-unsaturated/α-hetero) is 1. The van der Waals surface area contributed by atoms with Crippen molar-refractivity contribution in [2.45, 2.75) is 206 Å². The van der Waals surface area contributed by atoms with Gasteiger partial charge in [0.1, 0.15) is 5.78 Å². The molecule has 0 amide bonds. The van der Waals surface area contributed by atoms with Crippen molar-refractivity contribution in [1.29, 1.82) is 0 Å². The number of carbonyl (C=O) groups excluding carboxylic acids is 1. The van der Waals surface area contributed by atoms with Crippen molar-refractivity contribution in [3.05, 3.63) is 12.2 Å². The van der Waals surface area contributed by atoms with E-state index in [1.54, 1.807) is 6.92 Å². The van der Waals surface area contributed by atoms with Crippen molar-refractivity contribution in [3.8, 4) is 0 Å². The summed E-state index contributed by atoms with van der Waals surface area (Å²) in [6.45, 7) is 4.00. The topological polar surface area (TPSA) is 17.1 Å². The zero-order chi connectivity index (χ0) is 26.2. The maximum atomic E-state index is 10.9. The van der Waals surface area contributed by atoms with Gasteiger partial charge in [-0.25, -0.2) is 0 Å². The largest absolute Gasteiger partial charge is 0.300 e. The monoisotopic (exact) mass is 505 g/mol. The Morgan fingerprint density at radius 3 is 0.917 bits per heavy atom. The van der Waals surface area contributed by atoms with Gasteiger partial charge in [0.15, 0.2) is 0 Å². The Balaban J connectivity index is 3.06. The highest BCUT2D eigenvalue weighted by atomic mass is 16.1. The van der Waals surface area contributed by atoms with E-state index >= 15 is 0 Å². The lowest BCUT2D eigenvalue weighted by Gasteiger charge is -2.04. The third kappa shape index (κ3) is 33.4. The van der Waals surface area contributed by atoms with Crippen LogP contribution in [-0.2, 0) is 4.79 Å². The van der Waals surface area contributed by atoms with E-state index in [0.29, 0.717) is 5.78 Å². The SMILES string of the molecule is CCCCCCCC/C=C\CCCCCCCCCCCCCCCCCCCCCCCC(C)=O. The molecule has 0 saturated carbocycles. The number of ketones is 1. The first-order chi connectivity index (χ1) is 17.8. The minimum absolute atomic E-state index is 0.351. The molecule has 0 heterocycles. The summed E-state index contributed by atoms with van der Waals surface area (Å²) in [5.41, 5.74) is 0. The molecule has 0 spiro atoms. The molecule has 1 heteroatoms. The molecule has 214 valence electrons. The van der Waals surface area contributed by atoms with E-state index < -0.39 is 0 Å². The van der Waals surface area contributed by atoms with Crippen LogP contribution in [-0.4, -0.2) is 5.78 Å². The van der Waals surface area contributed by atoms with Crippen LogP contribution in [0.4, 0.5) is 0 Å². The third-order valence-corrected chi connectivity index (χ3v) is 7.79. The molecule has 0 aromatic heterocycles. The molecule has 0 aliphatic heterocycles. The zero-order valence-electron chi connectivity index (χ0n) is 25.3. The normalized spacial score (nSPS) is 11.6. The second-order valence-corrected chi connectivity index (χ2v) is 11.7. The number of allylic oxidation sites excluding steroid dienone is 2. The Morgan fingerprint density at radius 2 is 0.639 bits per heavy atom. The molecular weight excluding hydrogens is 436 g/mol. The van der Waals surface area contributed by atoms with Gasteiger partial charge in [-0.2, -0.15) is 0 Å². The smallest absolute Gasteiger partial charge is 0.129 e. The van der Waals surface area contributed by atoms with Crippen LogP contribution in [0.5, 0.6) is 0 Å². The fourth-order valence-corrected chi connectivity index (χ4v) is 5.27. The quantitative estimate of drug-likeness (QED) is 0.0677. The van der Waals surface area contributed by atoms with Crippen LogP contribution in [0.1, 0.15) is 206 Å². The first-order valence-electron chi connectivity index (χ1n) is 16.9. The molecule has 0 aliphatic rings. The van der Waals surface area contributed by atoms with Crippen molar-refractivity contribution in [2.75, 3.05) is 0 Å². The van der Waals surface area contributed by atoms with Crippen molar-refractivity contribution in [3.63, 3.8) is 0 Å². The standard InChI is InChI=1S/C35H68O/c1-3-4-5-6-7-8-9-10-11-12-13-14-15-16-17-18-19-20-21-22-23-24-25-26-27-28-29-30-31-32-33-34-35(2)36/h10-11H,3-9,12-34H2,1-2H3/b11-10-. The Labute approximate surface area is 229 Å². The zero-order valence-corrected chi connectivity index (χ0v) is 25.3. The molecule has 0 N–H and O–H groups in total. The van der Waals surface area contributed by atoms with Gasteiger partial charge in [-0.05, 0) is 39.0 Å². The van der Waals surface area contributed by atoms with Gasteiger partial charge in [0.2, 0.25) is 0 Å². The average Bonchev–Trinajstić information content (AvgIpc) is 2.87. The molecule has 36 heavy (non-hydrogen) atoms. The summed E-state index contributed by atoms with van der Waals surface area (Å²) in [6.07, 6.45) is 46.4. The molecule has 0 saturated heterocycles. The number of rotatable bonds is 31. The van der Waals surface area contributed by atoms with E-state index in [1.807, 2.05) is 0 Å². The predicted molar refractivity (Wildman–Crippen MR) is 164 cm³/mol. The predicted octanol–water partition coefficient (Wildman–Crippen LogP) is 12.9. The summed E-state index contributed by atoms with van der Waals surface area (Å²) < 4.78 is 0. The van der Waals surface area contributed by atoms with Crippen molar-refractivity contribution in [2.24, 2.45) is 0 Å². The van der Waals surface area contributed by atoms with Crippen molar-refractivity contribution in [1.82, 2.24) is 0 Å². The van der Waals surface area contributed by atoms with Crippen molar-refractivity contribution >= 4 is 5.78 Å². The fourth-order valence-electron chi connectivity index (χ4n) is 5.27. The molecule has 0 unspecified atom stereocenters. The van der Waals surface area contributed by atoms with Gasteiger partial charge in [0.25, 0.3) is 0 Å². The van der Waals surface area contributed by atoms with E-state index in [-0.39, 0.29) is 0 Å². The summed E-state index contributed by atoms with van der Waals surface area (Å²) >= 11 is 0. The molecular formula is C35H68O. The highest BCUT2D eigenvalue weighted by molar-refractivity contribution is 5.75. The Hall–Kier alpha value is -0.590. The Morgan fingerprint density at radius 1 is 0.389 bits per heavy atom. The van der Waals surface area contributed by atoms with Gasteiger partial charge < -0.3 is 4.79 Å². The van der Waals surface area contributed by atoms with E-state index in [4.69, 9.17) is 0 Å². The van der Waals surface area contributed by atoms with Gasteiger partial charge in [0.05, 0.1) is 0 Å². The van der Waals surface area contributed by atoms with E-state index in [1.165, 1.54) is 180 Å². The van der Waals surface area contributed by atoms with Crippen LogP contribution in [0.15, 0.2) is 12.2 Å². The first-order valence-corrected chi connectivity index (χ1v) is 16.9. The van der Waals surface area contributed by atoms with Crippen LogP contribution in [0.25, 0.3) is 0 Å². The van der Waals surface area contributed by atoms with Crippen LogP contribution < -0.4 is 0 Å². The molecule has 0 radical (unpaired) electrons. The minimum Gasteiger partial charge on any atom is -0.300 e. The summed E-state index contributed by atoms with van der Waals surface area (Å²) in [5.74, 6) is 0.351. The second-order valence-electron chi connectivity index (χ2n) is 11.7. The number of hydrogen-bond donors (Lipinski definition) is 0. The highest BCUT2D eigenvalue weighted by Crippen LogP contribution is 2.15. The van der Waals surface area contributed by atoms with E-state index in [9.17, 15) is 4.79 Å². The second kappa shape index (κ2) is 32.4. The molecule has 0 aromatic rings. The summed E-state index contributed by atoms with van der Waals surface area (Å²) in [4.78, 5) is 10.9. The average molecular weight is 505 g/mol. The van der Waals surface area contributed by atoms with Crippen molar-refractivity contribution < 1.29 is 4.79 Å². The molecule has 0 atom stereocenters. The number of carbonyl (C=O) groups is 1. The lowest BCUT2D eigenvalue weighted by molar-refractivity contribution is -0.117. The highest BCUT2D eigenvalue weighted by Gasteiger charge is 1.97. The molecule has 0 aliphatic carbocycles. The maximum Gasteiger partial charge on any atom is 0.129 e. The van der Waals surface area contributed by atoms with Crippen LogP contribution >= 0.6 is 0 Å². The number of hydrogen-bond acceptors (Lipinski definition) is 1. The van der Waals surface area contributed by atoms with E-state index in [2.05, 4.69) is 19.1 Å². The minimum atomic E-state index is 0.351. The Bertz CT molecular complexity index is 438. The molecule has 1 nitrogen and oxygen atoms in total.